The van der Waals surface area contributed by atoms with Crippen LogP contribution in [0, 0.1) is 5.92 Å². The summed E-state index contributed by atoms with van der Waals surface area (Å²) in [5.74, 6) is 0.132. The van der Waals surface area contributed by atoms with E-state index in [9.17, 15) is 22.8 Å². The molecule has 0 bridgehead atoms. The summed E-state index contributed by atoms with van der Waals surface area (Å²) in [5.41, 5.74) is -1.31. The van der Waals surface area contributed by atoms with Crippen molar-refractivity contribution in [3.63, 3.8) is 0 Å². The lowest BCUT2D eigenvalue weighted by molar-refractivity contribution is -0.137. The highest BCUT2D eigenvalue weighted by atomic mass is 19.4. The highest BCUT2D eigenvalue weighted by Crippen LogP contribution is 2.31. The number of anilines is 1. The number of carbonyl (C=O) groups excluding carboxylic acids is 2. The molecule has 3 aliphatic rings. The molecule has 1 saturated carbocycles. The summed E-state index contributed by atoms with van der Waals surface area (Å²) in [6.07, 6.45) is 0.785. The van der Waals surface area contributed by atoms with E-state index < -0.39 is 23.4 Å². The maximum absolute atomic E-state index is 12.9. The molecule has 2 atom stereocenters. The van der Waals surface area contributed by atoms with Crippen LogP contribution in [0.15, 0.2) is 18.3 Å². The van der Waals surface area contributed by atoms with E-state index in [-0.39, 0.29) is 23.7 Å². The second-order valence-electron chi connectivity index (χ2n) is 10.4. The Hall–Kier alpha value is -2.56. The number of halogens is 3. The first-order valence-corrected chi connectivity index (χ1v) is 12.6. The Morgan fingerprint density at radius 1 is 1.08 bits per heavy atom. The lowest BCUT2D eigenvalue weighted by Crippen LogP contribution is -2.50. The van der Waals surface area contributed by atoms with Crippen LogP contribution in [0.4, 0.5) is 23.8 Å². The minimum atomic E-state index is -4.41. The fraction of sp³-hybridized carbons (Fsp3) is 0.720. The van der Waals surface area contributed by atoms with Crippen LogP contribution in [-0.2, 0) is 20.4 Å². The molecule has 3 heterocycles. The molecule has 8 nitrogen and oxygen atoms in total. The Labute approximate surface area is 210 Å². The number of piperazine rings is 1. The van der Waals surface area contributed by atoms with Crippen molar-refractivity contribution in [1.82, 2.24) is 15.2 Å². The van der Waals surface area contributed by atoms with Crippen LogP contribution < -0.4 is 10.2 Å². The largest absolute Gasteiger partial charge is 0.444 e. The number of hydrogen-bond donors (Lipinski definition) is 1. The molecule has 0 radical (unpaired) electrons. The molecule has 4 rings (SSSR count). The predicted octanol–water partition coefficient (Wildman–Crippen LogP) is 4.24. The molecule has 0 aromatic carbocycles. The second-order valence-corrected chi connectivity index (χ2v) is 10.4. The summed E-state index contributed by atoms with van der Waals surface area (Å²) in [6, 6.07) is 1.89. The molecule has 202 valence electrons. The summed E-state index contributed by atoms with van der Waals surface area (Å²) in [6.45, 7) is 9.08. The third-order valence-corrected chi connectivity index (χ3v) is 6.32. The molecule has 1 aliphatic carbocycles. The molecular formula is C25H37F3N4O4. The van der Waals surface area contributed by atoms with Gasteiger partial charge in [-0.3, -0.25) is 4.79 Å². The van der Waals surface area contributed by atoms with Gasteiger partial charge in [0.2, 0.25) is 5.91 Å². The summed E-state index contributed by atoms with van der Waals surface area (Å²) in [7, 11) is 0. The molecule has 1 aromatic heterocycles. The van der Waals surface area contributed by atoms with Crippen LogP contribution in [0.1, 0.15) is 58.4 Å². The average Bonchev–Trinajstić information content (AvgIpc) is 3.53. The minimum Gasteiger partial charge on any atom is -0.444 e. The molecule has 2 amide bonds. The Balaban J connectivity index is 0.000000642. The molecule has 2 aliphatic heterocycles. The van der Waals surface area contributed by atoms with Gasteiger partial charge in [-0.1, -0.05) is 0 Å². The van der Waals surface area contributed by atoms with Gasteiger partial charge in [0.25, 0.3) is 0 Å². The van der Waals surface area contributed by atoms with Crippen LogP contribution in [-0.4, -0.2) is 72.9 Å². The van der Waals surface area contributed by atoms with E-state index in [1.54, 1.807) is 30.6 Å². The van der Waals surface area contributed by atoms with Crippen molar-refractivity contribution in [2.75, 3.05) is 44.3 Å². The number of hydrogen-bond acceptors (Lipinski definition) is 6. The first kappa shape index (κ1) is 28.0. The first-order valence-electron chi connectivity index (χ1n) is 12.6. The topological polar surface area (TPSA) is 84.0 Å². The molecule has 1 N–H and O–H groups in total. The zero-order valence-corrected chi connectivity index (χ0v) is 21.3. The van der Waals surface area contributed by atoms with E-state index in [2.05, 4.69) is 10.3 Å². The number of alkyl carbamates (subject to hydrolysis) is 1. The van der Waals surface area contributed by atoms with E-state index in [0.717, 1.165) is 31.5 Å². The van der Waals surface area contributed by atoms with E-state index >= 15 is 0 Å². The SMILES string of the molecule is C1CCOC1.CC(C)(C)OC(=O)NC1CCC(C(=O)N2CCN(c3cc(C(F)(F)F)ccn3)CC2)C1. The van der Waals surface area contributed by atoms with Gasteiger partial charge in [0.15, 0.2) is 0 Å². The van der Waals surface area contributed by atoms with Gasteiger partial charge in [-0.15, -0.1) is 0 Å². The third-order valence-electron chi connectivity index (χ3n) is 6.32. The monoisotopic (exact) mass is 514 g/mol. The number of pyridine rings is 1. The summed E-state index contributed by atoms with van der Waals surface area (Å²) in [4.78, 5) is 32.4. The minimum absolute atomic E-state index is 0.0325. The molecule has 3 fully saturated rings. The fourth-order valence-corrected chi connectivity index (χ4v) is 4.50. The average molecular weight is 515 g/mol. The molecule has 2 unspecified atom stereocenters. The van der Waals surface area contributed by atoms with Gasteiger partial charge in [0, 0.05) is 57.5 Å². The van der Waals surface area contributed by atoms with Gasteiger partial charge in [0.05, 0.1) is 5.56 Å². The Bertz CT molecular complexity index is 871. The zero-order valence-electron chi connectivity index (χ0n) is 21.3. The number of ether oxygens (including phenoxy) is 2. The van der Waals surface area contributed by atoms with E-state index in [1.165, 1.54) is 12.8 Å². The standard InChI is InChI=1S/C21H29F3N4O3.C4H8O/c1-20(2,3)31-19(30)26-16-5-4-14(12-16)18(29)28-10-8-27(9-11-28)17-13-15(6-7-25-17)21(22,23)24;1-2-4-5-3-1/h6-7,13-14,16H,4-5,8-12H2,1-3H3,(H,26,30);1-4H2. The number of nitrogens with one attached hydrogen (secondary N) is 1. The Morgan fingerprint density at radius 3 is 2.31 bits per heavy atom. The zero-order chi connectivity index (χ0) is 26.3. The van der Waals surface area contributed by atoms with Crippen LogP contribution in [0.5, 0.6) is 0 Å². The van der Waals surface area contributed by atoms with E-state index in [1.807, 2.05) is 0 Å². The predicted molar refractivity (Wildman–Crippen MR) is 129 cm³/mol. The van der Waals surface area contributed by atoms with Crippen molar-refractivity contribution in [3.8, 4) is 0 Å². The maximum Gasteiger partial charge on any atom is 0.416 e. The van der Waals surface area contributed by atoms with Crippen molar-refractivity contribution in [1.29, 1.82) is 0 Å². The molecule has 0 spiro atoms. The quantitative estimate of drug-likeness (QED) is 0.650. The van der Waals surface area contributed by atoms with Gasteiger partial charge in [0.1, 0.15) is 11.4 Å². The Morgan fingerprint density at radius 2 is 1.75 bits per heavy atom. The van der Waals surface area contributed by atoms with Crippen LogP contribution in [0.2, 0.25) is 0 Å². The van der Waals surface area contributed by atoms with Crippen LogP contribution in [0.25, 0.3) is 0 Å². The third kappa shape index (κ3) is 8.53. The van der Waals surface area contributed by atoms with Crippen molar-refractivity contribution in [2.45, 2.75) is 70.7 Å². The van der Waals surface area contributed by atoms with E-state index in [4.69, 9.17) is 9.47 Å². The number of aromatic nitrogens is 1. The lowest BCUT2D eigenvalue weighted by Gasteiger charge is -2.36. The van der Waals surface area contributed by atoms with Crippen molar-refractivity contribution >= 4 is 17.8 Å². The summed E-state index contributed by atoms with van der Waals surface area (Å²) < 4.78 is 49.0. The highest BCUT2D eigenvalue weighted by molar-refractivity contribution is 5.79. The number of rotatable bonds is 3. The Kier molecular flexibility index (Phi) is 9.43. The van der Waals surface area contributed by atoms with Gasteiger partial charge >= 0.3 is 12.3 Å². The molecule has 11 heteroatoms. The maximum atomic E-state index is 12.9. The molecule has 36 heavy (non-hydrogen) atoms. The normalized spacial score (nSPS) is 22.6. The molecular weight excluding hydrogens is 477 g/mol. The lowest BCUT2D eigenvalue weighted by atomic mass is 10.1. The van der Waals surface area contributed by atoms with Gasteiger partial charge < -0.3 is 24.6 Å². The smallest absolute Gasteiger partial charge is 0.416 e. The van der Waals surface area contributed by atoms with E-state index in [0.29, 0.717) is 45.4 Å². The van der Waals surface area contributed by atoms with Crippen LogP contribution >= 0.6 is 0 Å². The highest BCUT2D eigenvalue weighted by Gasteiger charge is 2.36. The van der Waals surface area contributed by atoms with Gasteiger partial charge in [-0.05, 0) is 65.0 Å². The van der Waals surface area contributed by atoms with Crippen molar-refractivity contribution in [2.24, 2.45) is 5.92 Å². The summed E-state index contributed by atoms with van der Waals surface area (Å²) in [5, 5.41) is 2.83. The fourth-order valence-electron chi connectivity index (χ4n) is 4.50. The molecule has 2 saturated heterocycles. The number of alkyl halides is 3. The first-order chi connectivity index (χ1) is 16.9. The van der Waals surface area contributed by atoms with Crippen LogP contribution in [0.3, 0.4) is 0 Å². The van der Waals surface area contributed by atoms with Crippen molar-refractivity contribution in [3.05, 3.63) is 23.9 Å². The second kappa shape index (κ2) is 12.1. The van der Waals surface area contributed by atoms with Gasteiger partial charge in [-0.2, -0.15) is 13.2 Å². The number of nitrogens with zero attached hydrogens (tertiary/aromatic N) is 3. The summed E-state index contributed by atoms with van der Waals surface area (Å²) >= 11 is 0. The number of carbonyl (C=O) groups is 2. The number of amides is 2. The molecule has 1 aromatic rings. The van der Waals surface area contributed by atoms with Gasteiger partial charge in [-0.25, -0.2) is 9.78 Å². The van der Waals surface area contributed by atoms with Crippen molar-refractivity contribution < 1.29 is 32.2 Å².